The van der Waals surface area contributed by atoms with Crippen LogP contribution in [0.25, 0.3) is 0 Å². The van der Waals surface area contributed by atoms with Gasteiger partial charge in [-0.25, -0.2) is 8.78 Å². The van der Waals surface area contributed by atoms with Gasteiger partial charge in [0, 0.05) is 16.5 Å². The highest BCUT2D eigenvalue weighted by molar-refractivity contribution is 9.10. The molecule has 1 aromatic carbocycles. The van der Waals surface area contributed by atoms with E-state index in [1.165, 1.54) is 19.1 Å². The summed E-state index contributed by atoms with van der Waals surface area (Å²) in [6.45, 7) is 1.47. The lowest BCUT2D eigenvalue weighted by molar-refractivity contribution is -0.00833. The molecule has 0 aliphatic rings. The molecule has 0 amide bonds. The molecule has 1 aromatic rings. The largest absolute Gasteiger partial charge is 0.273 e. The zero-order valence-corrected chi connectivity index (χ0v) is 8.24. The minimum atomic E-state index is -2.70. The van der Waals surface area contributed by atoms with Crippen LogP contribution in [0.3, 0.4) is 0 Å². The Morgan fingerprint density at radius 3 is 2.58 bits per heavy atom. The third kappa shape index (κ3) is 2.03. The molecule has 0 radical (unpaired) electrons. The summed E-state index contributed by atoms with van der Waals surface area (Å²) in [5.41, 5.74) is 0.0689. The smallest absolute Gasteiger partial charge is 0.201 e. The summed E-state index contributed by atoms with van der Waals surface area (Å²) in [6.07, 6.45) is -0.163. The third-order valence-electron chi connectivity index (χ3n) is 1.69. The molecule has 0 aromatic heterocycles. The lowest BCUT2D eigenvalue weighted by Gasteiger charge is -2.13. The van der Waals surface area contributed by atoms with Gasteiger partial charge in [-0.15, -0.1) is 0 Å². The minimum absolute atomic E-state index is 0.0689. The maximum Gasteiger partial charge on any atom is 0.273 e. The molecule has 0 aliphatic carbocycles. The van der Waals surface area contributed by atoms with Crippen LogP contribution in [0, 0.1) is 0 Å². The molecule has 0 spiro atoms. The van der Waals surface area contributed by atoms with Gasteiger partial charge in [-0.3, -0.25) is 0 Å². The van der Waals surface area contributed by atoms with Crippen LogP contribution in [-0.4, -0.2) is 0 Å². The van der Waals surface area contributed by atoms with Crippen molar-refractivity contribution in [2.45, 2.75) is 19.3 Å². The van der Waals surface area contributed by atoms with E-state index in [0.717, 1.165) is 0 Å². The quantitative estimate of drug-likeness (QED) is 0.727. The van der Waals surface area contributed by atoms with Crippen molar-refractivity contribution in [3.63, 3.8) is 0 Å². The molecular weight excluding hydrogens is 226 g/mol. The summed E-state index contributed by atoms with van der Waals surface area (Å²) in [7, 11) is 0. The first-order valence-corrected chi connectivity index (χ1v) is 4.49. The van der Waals surface area contributed by atoms with Gasteiger partial charge in [0.25, 0.3) is 5.92 Å². The molecule has 0 fully saturated rings. The van der Waals surface area contributed by atoms with Crippen LogP contribution in [0.1, 0.15) is 18.9 Å². The molecule has 12 heavy (non-hydrogen) atoms. The average molecular weight is 235 g/mol. The van der Waals surface area contributed by atoms with E-state index < -0.39 is 5.92 Å². The molecule has 0 N–H and O–H groups in total. The molecule has 0 saturated heterocycles. The second kappa shape index (κ2) is 3.52. The molecule has 3 heteroatoms. The lowest BCUT2D eigenvalue weighted by atomic mass is 10.1. The highest BCUT2D eigenvalue weighted by atomic mass is 79.9. The van der Waals surface area contributed by atoms with Crippen LogP contribution < -0.4 is 0 Å². The van der Waals surface area contributed by atoms with Gasteiger partial charge in [0.05, 0.1) is 0 Å². The average Bonchev–Trinajstić information content (AvgIpc) is 2.05. The molecule has 1 rings (SSSR count). The van der Waals surface area contributed by atoms with Crippen molar-refractivity contribution in [2.24, 2.45) is 0 Å². The van der Waals surface area contributed by atoms with Crippen molar-refractivity contribution in [3.05, 3.63) is 34.3 Å². The normalized spacial score (nSPS) is 11.7. The number of hydrogen-bond acceptors (Lipinski definition) is 0. The molecule has 0 unspecified atom stereocenters. The summed E-state index contributed by atoms with van der Waals surface area (Å²) < 4.78 is 26.8. The fourth-order valence-corrected chi connectivity index (χ4v) is 1.32. The standard InChI is InChI=1S/C9H9BrF2/c1-2-9(11,12)7-4-3-5-8(10)6-7/h3-6H,2H2,1H3. The van der Waals surface area contributed by atoms with Gasteiger partial charge in [0.1, 0.15) is 0 Å². The van der Waals surface area contributed by atoms with E-state index in [2.05, 4.69) is 15.9 Å². The van der Waals surface area contributed by atoms with Crippen molar-refractivity contribution in [1.82, 2.24) is 0 Å². The van der Waals surface area contributed by atoms with E-state index in [0.29, 0.717) is 4.47 Å². The Balaban J connectivity index is 3.03. The minimum Gasteiger partial charge on any atom is -0.201 e. The van der Waals surface area contributed by atoms with Crippen LogP contribution in [0.4, 0.5) is 8.78 Å². The van der Waals surface area contributed by atoms with E-state index >= 15 is 0 Å². The van der Waals surface area contributed by atoms with Gasteiger partial charge < -0.3 is 0 Å². The van der Waals surface area contributed by atoms with Gasteiger partial charge in [-0.05, 0) is 12.1 Å². The van der Waals surface area contributed by atoms with Crippen LogP contribution in [0.15, 0.2) is 28.7 Å². The first kappa shape index (κ1) is 9.65. The van der Waals surface area contributed by atoms with Crippen LogP contribution in [0.2, 0.25) is 0 Å². The van der Waals surface area contributed by atoms with E-state index in [4.69, 9.17) is 0 Å². The highest BCUT2D eigenvalue weighted by Gasteiger charge is 2.28. The van der Waals surface area contributed by atoms with E-state index in [9.17, 15) is 8.78 Å². The Morgan fingerprint density at radius 2 is 2.08 bits per heavy atom. The summed E-state index contributed by atoms with van der Waals surface area (Å²) in [5, 5.41) is 0. The monoisotopic (exact) mass is 234 g/mol. The summed E-state index contributed by atoms with van der Waals surface area (Å²) in [4.78, 5) is 0. The SMILES string of the molecule is CCC(F)(F)c1cccc(Br)c1. The first-order valence-electron chi connectivity index (χ1n) is 3.70. The summed E-state index contributed by atoms with van der Waals surface area (Å²) >= 11 is 3.15. The molecule has 0 bridgehead atoms. The van der Waals surface area contributed by atoms with E-state index in [1.807, 2.05) is 0 Å². The molecule has 66 valence electrons. The maximum atomic E-state index is 13.0. The summed E-state index contributed by atoms with van der Waals surface area (Å²) in [5.74, 6) is -2.70. The summed E-state index contributed by atoms with van der Waals surface area (Å²) in [6, 6.07) is 6.23. The van der Waals surface area contributed by atoms with Gasteiger partial charge in [0.15, 0.2) is 0 Å². The van der Waals surface area contributed by atoms with Crippen molar-refractivity contribution in [3.8, 4) is 0 Å². The Kier molecular flexibility index (Phi) is 2.83. The fourth-order valence-electron chi connectivity index (χ4n) is 0.920. The molecule has 0 nitrogen and oxygen atoms in total. The number of hydrogen-bond donors (Lipinski definition) is 0. The predicted octanol–water partition coefficient (Wildman–Crippen LogP) is 3.95. The lowest BCUT2D eigenvalue weighted by Crippen LogP contribution is -2.10. The topological polar surface area (TPSA) is 0 Å². The maximum absolute atomic E-state index is 13.0. The number of halogens is 3. The molecule has 0 saturated carbocycles. The first-order chi connectivity index (χ1) is 5.56. The van der Waals surface area contributed by atoms with Gasteiger partial charge in [-0.1, -0.05) is 35.0 Å². The van der Waals surface area contributed by atoms with Crippen molar-refractivity contribution in [2.75, 3.05) is 0 Å². The van der Waals surface area contributed by atoms with Crippen LogP contribution in [-0.2, 0) is 5.92 Å². The number of rotatable bonds is 2. The third-order valence-corrected chi connectivity index (χ3v) is 2.18. The molecule has 0 aliphatic heterocycles. The van der Waals surface area contributed by atoms with Gasteiger partial charge in [-0.2, -0.15) is 0 Å². The molecular formula is C9H9BrF2. The fraction of sp³-hybridized carbons (Fsp3) is 0.333. The number of alkyl halides is 2. The van der Waals surface area contributed by atoms with Gasteiger partial charge in [0.2, 0.25) is 0 Å². The Hall–Kier alpha value is -0.440. The van der Waals surface area contributed by atoms with Crippen LogP contribution in [0.5, 0.6) is 0 Å². The zero-order chi connectivity index (χ0) is 9.19. The van der Waals surface area contributed by atoms with Crippen molar-refractivity contribution in [1.29, 1.82) is 0 Å². The van der Waals surface area contributed by atoms with E-state index in [1.54, 1.807) is 12.1 Å². The zero-order valence-electron chi connectivity index (χ0n) is 6.65. The van der Waals surface area contributed by atoms with E-state index in [-0.39, 0.29) is 12.0 Å². The highest BCUT2D eigenvalue weighted by Crippen LogP contribution is 2.32. The predicted molar refractivity (Wildman–Crippen MR) is 48.3 cm³/mol. The molecule has 0 atom stereocenters. The Bertz CT molecular complexity index is 271. The second-order valence-corrected chi connectivity index (χ2v) is 3.48. The second-order valence-electron chi connectivity index (χ2n) is 2.57. The Labute approximate surface area is 78.7 Å². The Morgan fingerprint density at radius 1 is 1.42 bits per heavy atom. The van der Waals surface area contributed by atoms with Crippen LogP contribution >= 0.6 is 15.9 Å². The van der Waals surface area contributed by atoms with Crippen molar-refractivity contribution < 1.29 is 8.78 Å². The number of benzene rings is 1. The molecule has 0 heterocycles. The van der Waals surface area contributed by atoms with Gasteiger partial charge >= 0.3 is 0 Å². The van der Waals surface area contributed by atoms with Crippen molar-refractivity contribution >= 4 is 15.9 Å².